The van der Waals surface area contributed by atoms with Gasteiger partial charge >= 0.3 is 0 Å². The van der Waals surface area contributed by atoms with E-state index in [9.17, 15) is 0 Å². The van der Waals surface area contributed by atoms with E-state index < -0.39 is 0 Å². The third-order valence-corrected chi connectivity index (χ3v) is 3.06. The molecule has 0 spiro atoms. The van der Waals surface area contributed by atoms with Crippen LogP contribution in [0.1, 0.15) is 25.0 Å². The Labute approximate surface area is 72.6 Å². The summed E-state index contributed by atoms with van der Waals surface area (Å²) < 4.78 is 2.09. The molecule has 3 heteroatoms. The second kappa shape index (κ2) is 2.59. The molecule has 66 valence electrons. The molecule has 0 radical (unpaired) electrons. The molecule has 0 atom stereocenters. The Hall–Kier alpha value is -0.830. The molecule has 0 amide bonds. The highest BCUT2D eigenvalue weighted by Crippen LogP contribution is 2.42. The predicted molar refractivity (Wildman–Crippen MR) is 47.8 cm³/mol. The van der Waals surface area contributed by atoms with Crippen LogP contribution in [0.2, 0.25) is 0 Å². The lowest BCUT2D eigenvalue weighted by Gasteiger charge is -2.40. The average molecular weight is 165 g/mol. The van der Waals surface area contributed by atoms with Gasteiger partial charge in [0.1, 0.15) is 0 Å². The first-order valence-corrected chi connectivity index (χ1v) is 4.45. The van der Waals surface area contributed by atoms with Gasteiger partial charge in [0.05, 0.1) is 6.33 Å². The monoisotopic (exact) mass is 165 g/mol. The van der Waals surface area contributed by atoms with Crippen LogP contribution in [0.3, 0.4) is 0 Å². The number of hydrogen-bond acceptors (Lipinski definition) is 2. The summed E-state index contributed by atoms with van der Waals surface area (Å²) in [6, 6.07) is 0. The van der Waals surface area contributed by atoms with Crippen LogP contribution >= 0.6 is 0 Å². The van der Waals surface area contributed by atoms with Gasteiger partial charge in [-0.1, -0.05) is 6.42 Å². The van der Waals surface area contributed by atoms with Crippen molar-refractivity contribution in [3.63, 3.8) is 0 Å². The number of aromatic nitrogens is 2. The van der Waals surface area contributed by atoms with Gasteiger partial charge in [0.25, 0.3) is 0 Å². The van der Waals surface area contributed by atoms with Crippen LogP contribution in [0.4, 0.5) is 0 Å². The standard InChI is InChI=1S/C9H15N3/c1-12-7-11-5-8(12)9(6-10)3-2-4-9/h5,7H,2-4,6,10H2,1H3. The SMILES string of the molecule is Cn1cncc1C1(CN)CCC1. The Balaban J connectivity index is 2.33. The van der Waals surface area contributed by atoms with Gasteiger partial charge in [-0.3, -0.25) is 0 Å². The number of hydrogen-bond donors (Lipinski definition) is 1. The van der Waals surface area contributed by atoms with Crippen LogP contribution in [-0.2, 0) is 12.5 Å². The van der Waals surface area contributed by atoms with E-state index in [-0.39, 0.29) is 5.41 Å². The predicted octanol–water partition coefficient (Wildman–Crippen LogP) is 0.800. The van der Waals surface area contributed by atoms with Gasteiger partial charge in [-0.2, -0.15) is 0 Å². The summed E-state index contributed by atoms with van der Waals surface area (Å²) in [4.78, 5) is 4.13. The molecule has 3 nitrogen and oxygen atoms in total. The van der Waals surface area contributed by atoms with E-state index >= 15 is 0 Å². The van der Waals surface area contributed by atoms with Gasteiger partial charge in [-0.25, -0.2) is 4.98 Å². The van der Waals surface area contributed by atoms with Crippen LogP contribution in [0.5, 0.6) is 0 Å². The molecule has 0 saturated heterocycles. The highest BCUT2D eigenvalue weighted by molar-refractivity contribution is 5.19. The summed E-state index contributed by atoms with van der Waals surface area (Å²) in [5.74, 6) is 0. The smallest absolute Gasteiger partial charge is 0.0945 e. The third-order valence-electron chi connectivity index (χ3n) is 3.06. The maximum atomic E-state index is 5.79. The van der Waals surface area contributed by atoms with Crippen molar-refractivity contribution >= 4 is 0 Å². The summed E-state index contributed by atoms with van der Waals surface area (Å²) in [5, 5.41) is 0. The molecule has 1 aliphatic carbocycles. The van der Waals surface area contributed by atoms with Crippen molar-refractivity contribution < 1.29 is 0 Å². The molecule has 2 rings (SSSR count). The highest BCUT2D eigenvalue weighted by Gasteiger charge is 2.39. The first kappa shape index (κ1) is 7.80. The molecular weight excluding hydrogens is 150 g/mol. The Morgan fingerprint density at radius 2 is 2.42 bits per heavy atom. The molecule has 1 aromatic heterocycles. The van der Waals surface area contributed by atoms with Gasteiger partial charge < -0.3 is 10.3 Å². The molecule has 1 heterocycles. The summed E-state index contributed by atoms with van der Waals surface area (Å²) in [6.07, 6.45) is 7.56. The summed E-state index contributed by atoms with van der Waals surface area (Å²) in [7, 11) is 2.04. The van der Waals surface area contributed by atoms with Gasteiger partial charge in [-0.05, 0) is 12.8 Å². The maximum Gasteiger partial charge on any atom is 0.0945 e. The quantitative estimate of drug-likeness (QED) is 0.704. The highest BCUT2D eigenvalue weighted by atomic mass is 15.0. The molecule has 2 N–H and O–H groups in total. The number of nitrogens with zero attached hydrogens (tertiary/aromatic N) is 2. The minimum atomic E-state index is 0.255. The Kier molecular flexibility index (Phi) is 1.68. The Morgan fingerprint density at radius 1 is 1.67 bits per heavy atom. The fourth-order valence-electron chi connectivity index (χ4n) is 2.04. The van der Waals surface area contributed by atoms with Gasteiger partial charge in [0.15, 0.2) is 0 Å². The zero-order valence-corrected chi connectivity index (χ0v) is 7.45. The largest absolute Gasteiger partial charge is 0.337 e. The van der Waals surface area contributed by atoms with E-state index in [1.54, 1.807) is 0 Å². The van der Waals surface area contributed by atoms with Crippen molar-refractivity contribution in [2.24, 2.45) is 12.8 Å². The molecule has 0 bridgehead atoms. The summed E-state index contributed by atoms with van der Waals surface area (Å²) in [6.45, 7) is 0.756. The molecule has 0 aromatic carbocycles. The fourth-order valence-corrected chi connectivity index (χ4v) is 2.04. The molecule has 0 unspecified atom stereocenters. The van der Waals surface area contributed by atoms with Gasteiger partial charge in [0, 0.05) is 30.9 Å². The van der Waals surface area contributed by atoms with Crippen molar-refractivity contribution in [2.45, 2.75) is 24.7 Å². The van der Waals surface area contributed by atoms with E-state index in [1.807, 2.05) is 19.6 Å². The molecule has 1 fully saturated rings. The fraction of sp³-hybridized carbons (Fsp3) is 0.667. The molecule has 1 saturated carbocycles. The molecular formula is C9H15N3. The number of imidazole rings is 1. The number of nitrogens with two attached hydrogens (primary N) is 1. The minimum absolute atomic E-state index is 0.255. The minimum Gasteiger partial charge on any atom is -0.337 e. The maximum absolute atomic E-state index is 5.79. The first-order chi connectivity index (χ1) is 5.78. The second-order valence-electron chi connectivity index (χ2n) is 3.73. The van der Waals surface area contributed by atoms with Crippen LogP contribution in [0.15, 0.2) is 12.5 Å². The van der Waals surface area contributed by atoms with Crippen molar-refractivity contribution in [3.8, 4) is 0 Å². The van der Waals surface area contributed by atoms with Gasteiger partial charge in [0.2, 0.25) is 0 Å². The number of rotatable bonds is 2. The second-order valence-corrected chi connectivity index (χ2v) is 3.73. The zero-order chi connectivity index (χ0) is 8.60. The molecule has 1 aliphatic rings. The summed E-state index contributed by atoms with van der Waals surface area (Å²) in [5.41, 5.74) is 7.35. The van der Waals surface area contributed by atoms with Crippen molar-refractivity contribution in [2.75, 3.05) is 6.54 Å². The molecule has 12 heavy (non-hydrogen) atoms. The van der Waals surface area contributed by atoms with Gasteiger partial charge in [-0.15, -0.1) is 0 Å². The van der Waals surface area contributed by atoms with E-state index in [2.05, 4.69) is 9.55 Å². The van der Waals surface area contributed by atoms with Crippen LogP contribution < -0.4 is 5.73 Å². The van der Waals surface area contributed by atoms with E-state index in [0.717, 1.165) is 6.54 Å². The van der Waals surface area contributed by atoms with Crippen LogP contribution in [-0.4, -0.2) is 16.1 Å². The Morgan fingerprint density at radius 3 is 2.75 bits per heavy atom. The lowest BCUT2D eigenvalue weighted by atomic mass is 9.67. The topological polar surface area (TPSA) is 43.8 Å². The van der Waals surface area contributed by atoms with Crippen LogP contribution in [0, 0.1) is 0 Å². The molecule has 1 aromatic rings. The van der Waals surface area contributed by atoms with Crippen molar-refractivity contribution in [3.05, 3.63) is 18.2 Å². The van der Waals surface area contributed by atoms with E-state index in [1.165, 1.54) is 25.0 Å². The van der Waals surface area contributed by atoms with Crippen LogP contribution in [0.25, 0.3) is 0 Å². The van der Waals surface area contributed by atoms with Crippen molar-refractivity contribution in [1.29, 1.82) is 0 Å². The lowest BCUT2D eigenvalue weighted by Crippen LogP contribution is -2.42. The first-order valence-electron chi connectivity index (χ1n) is 4.45. The lowest BCUT2D eigenvalue weighted by molar-refractivity contribution is 0.240. The normalized spacial score (nSPS) is 20.5. The zero-order valence-electron chi connectivity index (χ0n) is 7.45. The molecule has 0 aliphatic heterocycles. The van der Waals surface area contributed by atoms with E-state index in [4.69, 9.17) is 5.73 Å². The van der Waals surface area contributed by atoms with E-state index in [0.29, 0.717) is 0 Å². The van der Waals surface area contributed by atoms with Crippen molar-refractivity contribution in [1.82, 2.24) is 9.55 Å². The number of aryl methyl sites for hydroxylation is 1. The average Bonchev–Trinajstić information content (AvgIpc) is 2.36. The third kappa shape index (κ3) is 0.894. The summed E-state index contributed by atoms with van der Waals surface area (Å²) >= 11 is 0. The Bertz CT molecular complexity index is 268.